The van der Waals surface area contributed by atoms with Crippen molar-refractivity contribution in [3.05, 3.63) is 22.3 Å². The van der Waals surface area contributed by atoms with E-state index in [-0.39, 0.29) is 74.3 Å². The van der Waals surface area contributed by atoms with Crippen molar-refractivity contribution in [3.63, 3.8) is 0 Å². The molecule has 0 amide bonds. The Labute approximate surface area is 592 Å². The Balaban J connectivity index is 0.000000178. The van der Waals surface area contributed by atoms with Crippen molar-refractivity contribution in [2.24, 2.45) is 112 Å². The first kappa shape index (κ1) is 75.8. The molecular formula is C84H136N4O10. The van der Waals surface area contributed by atoms with Gasteiger partial charge in [-0.15, -0.1) is 0 Å². The number of likely N-dealkylation sites (N-methyl/N-ethyl adjacent to an activating group) is 2. The molecular weight excluding hydrogens is 1220 g/mol. The zero-order valence-corrected chi connectivity index (χ0v) is 65.4. The minimum Gasteiger partial charge on any atom is -0.481 e. The number of carboxylic acids is 1. The average molecular weight is 1360 g/mol. The first-order valence-corrected chi connectivity index (χ1v) is 39.7. The average Bonchev–Trinajstić information content (AvgIpc) is 1.04. The van der Waals surface area contributed by atoms with E-state index < -0.39 is 28.7 Å². The summed E-state index contributed by atoms with van der Waals surface area (Å²) in [6, 6.07) is 0. The third kappa shape index (κ3) is 12.2. The summed E-state index contributed by atoms with van der Waals surface area (Å²) in [5.74, 6) is 3.26. The van der Waals surface area contributed by atoms with Gasteiger partial charge in [0.25, 0.3) is 0 Å². The van der Waals surface area contributed by atoms with Gasteiger partial charge in [0, 0.05) is 57.8 Å². The number of nitrogens with zero attached hydrogens (tertiary/aromatic N) is 4. The van der Waals surface area contributed by atoms with Gasteiger partial charge >= 0.3 is 23.9 Å². The maximum atomic E-state index is 14.6. The highest BCUT2D eigenvalue weighted by Gasteiger charge is 2.73. The largest absolute Gasteiger partial charge is 0.481 e. The lowest BCUT2D eigenvalue weighted by molar-refractivity contribution is -0.233. The number of ether oxygens (including phenoxy) is 2. The number of esters is 3. The van der Waals surface area contributed by atoms with E-state index in [1.54, 1.807) is 50.0 Å². The molecule has 13 aliphatic rings. The van der Waals surface area contributed by atoms with Gasteiger partial charge in [0.05, 0.1) is 53.7 Å². The lowest BCUT2D eigenvalue weighted by Crippen LogP contribution is -2.66. The number of cyclic esters (lactones) is 2. The predicted octanol–water partition coefficient (Wildman–Crippen LogP) is 15.5. The van der Waals surface area contributed by atoms with E-state index in [0.717, 1.165) is 123 Å². The fourth-order valence-electron chi connectivity index (χ4n) is 26.4. The van der Waals surface area contributed by atoms with Crippen LogP contribution in [0.25, 0.3) is 0 Å². The molecule has 0 radical (unpaired) electrons. The van der Waals surface area contributed by atoms with Crippen LogP contribution in [-0.4, -0.2) is 157 Å². The van der Waals surface area contributed by atoms with Crippen molar-refractivity contribution in [3.8, 4) is 0 Å². The van der Waals surface area contributed by atoms with Crippen LogP contribution in [0.15, 0.2) is 22.3 Å². The summed E-state index contributed by atoms with van der Waals surface area (Å²) in [5, 5.41) is 20.6. The maximum absolute atomic E-state index is 14.6. The molecule has 0 unspecified atom stereocenters. The van der Waals surface area contributed by atoms with Crippen molar-refractivity contribution in [1.82, 2.24) is 19.6 Å². The first-order chi connectivity index (χ1) is 45.5. The topological polar surface area (TPSA) is 174 Å². The summed E-state index contributed by atoms with van der Waals surface area (Å²) < 4.78 is 10.5. The van der Waals surface area contributed by atoms with Crippen LogP contribution in [0.1, 0.15) is 266 Å². The number of hydrogen-bond donors (Lipinski definition) is 2. The molecule has 552 valence electrons. The first-order valence-electron chi connectivity index (χ1n) is 39.7. The van der Waals surface area contributed by atoms with Crippen LogP contribution in [0.5, 0.6) is 0 Å². The number of Topliss-reactive ketones (excluding diaryl/α,β-unsaturated/α-hetero) is 2. The van der Waals surface area contributed by atoms with E-state index in [2.05, 4.69) is 135 Å². The number of fused-ring (bicyclic) bond motifs is 14. The number of carboxylic acid groups (broad SMARTS) is 1. The monoisotopic (exact) mass is 1360 g/mol. The second kappa shape index (κ2) is 26.4. The molecule has 8 saturated carbocycles. The number of aliphatic carboxylic acids is 1. The molecule has 3 heterocycles. The predicted molar refractivity (Wildman–Crippen MR) is 387 cm³/mol. The highest BCUT2D eigenvalue weighted by molar-refractivity contribution is 5.97. The summed E-state index contributed by atoms with van der Waals surface area (Å²) in [6.45, 7) is 50.8. The summed E-state index contributed by atoms with van der Waals surface area (Å²) in [7, 11) is 4.39. The molecule has 2 N–H and O–H groups in total. The Kier molecular flexibility index (Phi) is 20.4. The smallest absolute Gasteiger partial charge is 0.319 e. The summed E-state index contributed by atoms with van der Waals surface area (Å²) in [6.07, 6.45) is 22.3. The van der Waals surface area contributed by atoms with Crippen LogP contribution in [0.2, 0.25) is 0 Å². The highest BCUT2D eigenvalue weighted by atomic mass is 16.6. The van der Waals surface area contributed by atoms with E-state index >= 15 is 0 Å². The van der Waals surface area contributed by atoms with Gasteiger partial charge in [0.15, 0.2) is 11.6 Å². The number of rotatable bonds is 12. The van der Waals surface area contributed by atoms with Crippen molar-refractivity contribution in [2.75, 3.05) is 79.5 Å². The fraction of sp³-hybridized carbons (Fsp3) is 0.881. The number of ketones is 2. The molecule has 14 heteroatoms. The fourth-order valence-corrected chi connectivity index (χ4v) is 26.4. The second-order valence-electron chi connectivity index (χ2n) is 40.0. The van der Waals surface area contributed by atoms with Crippen LogP contribution in [0.4, 0.5) is 0 Å². The van der Waals surface area contributed by atoms with Crippen molar-refractivity contribution >= 4 is 35.4 Å². The van der Waals surface area contributed by atoms with Crippen LogP contribution in [-0.2, 0) is 38.2 Å². The number of aliphatic hydroxyl groups is 1. The number of carbonyl (C=O) groups excluding carboxylic acids is 5. The third-order valence-electron chi connectivity index (χ3n) is 33.0. The lowest BCUT2D eigenvalue weighted by Gasteiger charge is -2.72. The van der Waals surface area contributed by atoms with E-state index in [4.69, 9.17) is 4.74 Å². The number of allylic oxidation sites excluding steroid dienone is 4. The Bertz CT molecular complexity index is 3160. The number of carbonyl (C=O) groups is 6. The Morgan fingerprint density at radius 1 is 0.520 bits per heavy atom. The molecule has 0 aromatic rings. The van der Waals surface area contributed by atoms with Gasteiger partial charge in [-0.05, 0) is 255 Å². The maximum Gasteiger partial charge on any atom is 0.319 e. The van der Waals surface area contributed by atoms with E-state index in [1.807, 2.05) is 0 Å². The summed E-state index contributed by atoms with van der Waals surface area (Å²) >= 11 is 0. The molecule has 14 nitrogen and oxygen atoms in total. The quantitative estimate of drug-likeness (QED) is 0.107. The third-order valence-corrected chi connectivity index (χ3v) is 33.0. The van der Waals surface area contributed by atoms with E-state index in [1.165, 1.54) is 57.8 Å². The van der Waals surface area contributed by atoms with Crippen LogP contribution in [0.3, 0.4) is 0 Å². The molecule has 98 heavy (non-hydrogen) atoms. The van der Waals surface area contributed by atoms with Gasteiger partial charge in [0.2, 0.25) is 0 Å². The van der Waals surface area contributed by atoms with Crippen LogP contribution in [0, 0.1) is 112 Å². The molecule has 13 rings (SSSR count). The standard InChI is InChI=1S/C42H68N2O5.C36H60N2O2.C6H8O3/c1-27(2)28-13-18-42(32(45)26-44-23-21-43(10)22-24-44)20-19-40(8)29(35(28)42)11-12-31-39(7)16-15-33(49-34(46)25-37(3,4)36(47)48)38(5,6)30(39)14-17-41(31,40)9;1-24(2)25-11-16-36(30(40)23-38-21-19-37(8)20-22-38)18-17-34(6)26(31(25)36)9-10-28-33(5)14-13-29(39)32(3,4)27(33)12-15-35(28,34)7;1-6(2)3-4(7)9-5(6)8/h27,29-31,33H,11-26H2,1-10H3,(H,47,48);24,26-29,39H,9-23H2,1-8H3;3H2,1-2H3/t29-,30+,31-,33+,39+,40-,41-,42-;26-,27+,28-,29+,33+,34-,35-,36-;/m11./s1. The van der Waals surface area contributed by atoms with Gasteiger partial charge in [-0.3, -0.25) is 38.6 Å². The van der Waals surface area contributed by atoms with Gasteiger partial charge in [0.1, 0.15) is 6.10 Å². The molecule has 0 aromatic heterocycles. The SMILES string of the molecule is CC(C)C1=C2[C@H]3CC[C@@H]4[C@@]5(C)CC[C@H](O)C(C)(C)[C@@H]5CC[C@@]4(C)[C@]3(C)CC[C@@]2(C(=O)CN2CCN(C)CC2)CC1.CC(C)C1=C2[C@H]3CC[C@@H]4[C@@]5(C)CC[C@H](OC(=O)CC(C)(C)C(=O)O)C(C)(C)[C@@H]5CC[C@@]4(C)[C@]3(C)CC[C@@]2(C(=O)CN2CCN(C)CC2)CC1.CC1(C)CC(=O)OC1=O. The molecule has 11 fully saturated rings. The zero-order chi connectivity index (χ0) is 71.9. The Hall–Kier alpha value is -3.30. The van der Waals surface area contributed by atoms with Gasteiger partial charge in [-0.1, -0.05) is 119 Å². The van der Waals surface area contributed by atoms with Gasteiger partial charge < -0.3 is 29.5 Å². The molecule has 10 aliphatic carbocycles. The summed E-state index contributed by atoms with van der Waals surface area (Å²) in [4.78, 5) is 84.7. The summed E-state index contributed by atoms with van der Waals surface area (Å²) in [5.41, 5.74) is 5.47. The molecule has 3 saturated heterocycles. The second-order valence-corrected chi connectivity index (χ2v) is 40.0. The van der Waals surface area contributed by atoms with Crippen molar-refractivity contribution in [2.45, 2.75) is 278 Å². The van der Waals surface area contributed by atoms with Crippen LogP contribution < -0.4 is 0 Å². The van der Waals surface area contributed by atoms with E-state index in [0.29, 0.717) is 82.8 Å². The number of aliphatic hydroxyl groups excluding tert-OH is 1. The Morgan fingerprint density at radius 2 is 0.939 bits per heavy atom. The Morgan fingerprint density at radius 3 is 1.32 bits per heavy atom. The van der Waals surface area contributed by atoms with Crippen molar-refractivity contribution in [1.29, 1.82) is 0 Å². The normalized spacial score (nSPS) is 42.1. The van der Waals surface area contributed by atoms with Crippen molar-refractivity contribution < 1.29 is 48.5 Å². The van der Waals surface area contributed by atoms with Crippen LogP contribution >= 0.6 is 0 Å². The van der Waals surface area contributed by atoms with Gasteiger partial charge in [-0.2, -0.15) is 0 Å². The number of piperazine rings is 2. The van der Waals surface area contributed by atoms with E-state index in [9.17, 15) is 39.0 Å². The minimum atomic E-state index is -1.14. The minimum absolute atomic E-state index is 0.00225. The molecule has 0 bridgehead atoms. The lowest BCUT2D eigenvalue weighted by atomic mass is 9.33. The van der Waals surface area contributed by atoms with Gasteiger partial charge in [-0.25, -0.2) is 0 Å². The molecule has 3 aliphatic heterocycles. The molecule has 0 aromatic carbocycles. The molecule has 0 spiro atoms. The highest BCUT2D eigenvalue weighted by Crippen LogP contribution is 2.79. The number of hydrogen-bond acceptors (Lipinski definition) is 13. The zero-order valence-electron chi connectivity index (χ0n) is 65.4. The molecule has 16 atom stereocenters.